The van der Waals surface area contributed by atoms with Crippen LogP contribution in [0.25, 0.3) is 0 Å². The fraction of sp³-hybridized carbons (Fsp3) is 0.467. The van der Waals surface area contributed by atoms with Crippen molar-refractivity contribution in [1.29, 1.82) is 0 Å². The molecule has 2 rings (SSSR count). The fourth-order valence-corrected chi connectivity index (χ4v) is 3.27. The molecule has 0 aromatic heterocycles. The van der Waals surface area contributed by atoms with Gasteiger partial charge in [0.25, 0.3) is 0 Å². The molecular formula is C15H20N2O2S. The number of rotatable bonds is 6. The number of thioether (sulfide) groups is 1. The Morgan fingerprint density at radius 1 is 1.25 bits per heavy atom. The van der Waals surface area contributed by atoms with E-state index in [1.165, 1.54) is 24.6 Å². The van der Waals surface area contributed by atoms with Crippen LogP contribution in [0.1, 0.15) is 32.1 Å². The highest BCUT2D eigenvalue weighted by Crippen LogP contribution is 2.30. The SMILES string of the molecule is NC(=O)CSc1ccccc1NC(=O)CC1CCCC1. The summed E-state index contributed by atoms with van der Waals surface area (Å²) < 4.78 is 0. The number of hydrogen-bond donors (Lipinski definition) is 2. The van der Waals surface area contributed by atoms with Crippen molar-refractivity contribution >= 4 is 29.3 Å². The van der Waals surface area contributed by atoms with Gasteiger partial charge in [-0.1, -0.05) is 25.0 Å². The van der Waals surface area contributed by atoms with Crippen LogP contribution in [0.2, 0.25) is 0 Å². The molecule has 1 fully saturated rings. The molecule has 3 N–H and O–H groups in total. The van der Waals surface area contributed by atoms with Gasteiger partial charge in [0.15, 0.2) is 0 Å². The monoisotopic (exact) mass is 292 g/mol. The molecule has 0 heterocycles. The van der Waals surface area contributed by atoms with Crippen LogP contribution in [0, 0.1) is 5.92 Å². The number of nitrogens with one attached hydrogen (secondary N) is 1. The van der Waals surface area contributed by atoms with Crippen molar-refractivity contribution < 1.29 is 9.59 Å². The standard InChI is InChI=1S/C15H20N2O2S/c16-14(18)10-20-13-8-4-3-7-12(13)17-15(19)9-11-5-1-2-6-11/h3-4,7-8,11H,1-2,5-6,9-10H2,(H2,16,18)(H,17,19). The number of primary amides is 1. The van der Waals surface area contributed by atoms with Crippen LogP contribution in [0.4, 0.5) is 5.69 Å². The number of benzene rings is 1. The van der Waals surface area contributed by atoms with Crippen LogP contribution >= 0.6 is 11.8 Å². The molecule has 0 bridgehead atoms. The van der Waals surface area contributed by atoms with Crippen molar-refractivity contribution in [2.45, 2.75) is 37.0 Å². The number of amides is 2. The molecule has 108 valence electrons. The van der Waals surface area contributed by atoms with Crippen LogP contribution in [-0.2, 0) is 9.59 Å². The Kier molecular flexibility index (Phi) is 5.47. The van der Waals surface area contributed by atoms with Gasteiger partial charge in [-0.15, -0.1) is 11.8 Å². The first-order valence-electron chi connectivity index (χ1n) is 6.95. The highest BCUT2D eigenvalue weighted by atomic mass is 32.2. The summed E-state index contributed by atoms with van der Waals surface area (Å²) in [5.41, 5.74) is 5.92. The van der Waals surface area contributed by atoms with E-state index in [2.05, 4.69) is 5.32 Å². The number of para-hydroxylation sites is 1. The summed E-state index contributed by atoms with van der Waals surface area (Å²) >= 11 is 1.35. The molecule has 1 aliphatic rings. The van der Waals surface area contributed by atoms with Crippen molar-refractivity contribution in [3.63, 3.8) is 0 Å². The maximum absolute atomic E-state index is 12.0. The smallest absolute Gasteiger partial charge is 0.227 e. The Hall–Kier alpha value is -1.49. The van der Waals surface area contributed by atoms with Crippen LogP contribution < -0.4 is 11.1 Å². The molecule has 0 atom stereocenters. The zero-order chi connectivity index (χ0) is 14.4. The largest absolute Gasteiger partial charge is 0.369 e. The number of carbonyl (C=O) groups is 2. The lowest BCUT2D eigenvalue weighted by Gasteiger charge is -2.12. The van der Waals surface area contributed by atoms with Gasteiger partial charge in [0.2, 0.25) is 11.8 Å². The molecule has 5 heteroatoms. The van der Waals surface area contributed by atoms with E-state index >= 15 is 0 Å². The van der Waals surface area contributed by atoms with E-state index in [0.717, 1.165) is 23.4 Å². The zero-order valence-corrected chi connectivity index (χ0v) is 12.2. The first-order valence-corrected chi connectivity index (χ1v) is 7.93. The topological polar surface area (TPSA) is 72.2 Å². The first kappa shape index (κ1) is 14.9. The fourth-order valence-electron chi connectivity index (χ4n) is 2.52. The maximum Gasteiger partial charge on any atom is 0.227 e. The molecule has 2 amide bonds. The molecule has 1 aromatic carbocycles. The molecule has 1 saturated carbocycles. The van der Waals surface area contributed by atoms with Gasteiger partial charge < -0.3 is 11.1 Å². The molecule has 0 saturated heterocycles. The van der Waals surface area contributed by atoms with Gasteiger partial charge in [0, 0.05) is 11.3 Å². The lowest BCUT2D eigenvalue weighted by Crippen LogP contribution is -2.16. The molecule has 0 aliphatic heterocycles. The van der Waals surface area contributed by atoms with Crippen LogP contribution in [0.15, 0.2) is 29.2 Å². The van der Waals surface area contributed by atoms with Crippen molar-refractivity contribution in [3.05, 3.63) is 24.3 Å². The van der Waals surface area contributed by atoms with Gasteiger partial charge in [-0.2, -0.15) is 0 Å². The van der Waals surface area contributed by atoms with Gasteiger partial charge in [-0.05, 0) is 30.9 Å². The van der Waals surface area contributed by atoms with E-state index < -0.39 is 0 Å². The highest BCUT2D eigenvalue weighted by Gasteiger charge is 2.18. The molecule has 0 spiro atoms. The van der Waals surface area contributed by atoms with Gasteiger partial charge in [-0.25, -0.2) is 0 Å². The summed E-state index contributed by atoms with van der Waals surface area (Å²) in [4.78, 5) is 23.8. The second-order valence-corrected chi connectivity index (χ2v) is 6.17. The average molecular weight is 292 g/mol. The molecule has 0 unspecified atom stereocenters. The lowest BCUT2D eigenvalue weighted by molar-refractivity contribution is -0.117. The van der Waals surface area contributed by atoms with Crippen LogP contribution in [0.5, 0.6) is 0 Å². The summed E-state index contributed by atoms with van der Waals surface area (Å²) in [6, 6.07) is 7.50. The van der Waals surface area contributed by atoms with Crippen molar-refractivity contribution in [3.8, 4) is 0 Å². The second-order valence-electron chi connectivity index (χ2n) is 5.15. The third-order valence-electron chi connectivity index (χ3n) is 3.48. The predicted molar refractivity (Wildman–Crippen MR) is 81.6 cm³/mol. The normalized spacial score (nSPS) is 15.2. The summed E-state index contributed by atoms with van der Waals surface area (Å²) in [7, 11) is 0. The number of hydrogen-bond acceptors (Lipinski definition) is 3. The quantitative estimate of drug-likeness (QED) is 0.792. The lowest BCUT2D eigenvalue weighted by atomic mass is 10.0. The van der Waals surface area contributed by atoms with E-state index in [1.807, 2.05) is 24.3 Å². The molecule has 1 aliphatic carbocycles. The predicted octanol–water partition coefficient (Wildman–Crippen LogP) is 2.78. The van der Waals surface area contributed by atoms with E-state index in [9.17, 15) is 9.59 Å². The van der Waals surface area contributed by atoms with Crippen molar-refractivity contribution in [1.82, 2.24) is 0 Å². The third kappa shape index (κ3) is 4.56. The minimum Gasteiger partial charge on any atom is -0.369 e. The number of nitrogens with two attached hydrogens (primary N) is 1. The summed E-state index contributed by atoms with van der Waals surface area (Å²) in [6.07, 6.45) is 5.39. The highest BCUT2D eigenvalue weighted by molar-refractivity contribution is 8.00. The molecule has 20 heavy (non-hydrogen) atoms. The van der Waals surface area contributed by atoms with Crippen LogP contribution in [-0.4, -0.2) is 17.6 Å². The van der Waals surface area contributed by atoms with E-state index in [0.29, 0.717) is 12.3 Å². The van der Waals surface area contributed by atoms with Crippen LogP contribution in [0.3, 0.4) is 0 Å². The Labute approximate surface area is 123 Å². The third-order valence-corrected chi connectivity index (χ3v) is 4.58. The van der Waals surface area contributed by atoms with E-state index in [4.69, 9.17) is 5.73 Å². The minimum atomic E-state index is -0.359. The maximum atomic E-state index is 12.0. The first-order chi connectivity index (χ1) is 9.65. The van der Waals surface area contributed by atoms with E-state index in [1.54, 1.807) is 0 Å². The minimum absolute atomic E-state index is 0.0593. The van der Waals surface area contributed by atoms with Gasteiger partial charge in [-0.3, -0.25) is 9.59 Å². The Balaban J connectivity index is 1.93. The van der Waals surface area contributed by atoms with Crippen molar-refractivity contribution in [2.75, 3.05) is 11.1 Å². The summed E-state index contributed by atoms with van der Waals surface area (Å²) in [6.45, 7) is 0. The van der Waals surface area contributed by atoms with Crippen molar-refractivity contribution in [2.24, 2.45) is 11.7 Å². The Morgan fingerprint density at radius 2 is 1.95 bits per heavy atom. The Bertz CT molecular complexity index is 485. The molecule has 0 radical (unpaired) electrons. The summed E-state index contributed by atoms with van der Waals surface area (Å²) in [5.74, 6) is 0.446. The van der Waals surface area contributed by atoms with Gasteiger partial charge in [0.05, 0.1) is 11.4 Å². The molecule has 1 aromatic rings. The van der Waals surface area contributed by atoms with Gasteiger partial charge in [0.1, 0.15) is 0 Å². The second kappa shape index (κ2) is 7.33. The van der Waals surface area contributed by atoms with Gasteiger partial charge >= 0.3 is 0 Å². The average Bonchev–Trinajstić information content (AvgIpc) is 2.90. The molecule has 4 nitrogen and oxygen atoms in total. The number of carbonyl (C=O) groups excluding carboxylic acids is 2. The zero-order valence-electron chi connectivity index (χ0n) is 11.4. The molecular weight excluding hydrogens is 272 g/mol. The summed E-state index contributed by atoms with van der Waals surface area (Å²) in [5, 5.41) is 2.95. The Morgan fingerprint density at radius 3 is 2.65 bits per heavy atom. The van der Waals surface area contributed by atoms with E-state index in [-0.39, 0.29) is 17.6 Å². The number of anilines is 1.